The van der Waals surface area contributed by atoms with Crippen molar-refractivity contribution < 1.29 is 9.59 Å². The molecule has 0 radical (unpaired) electrons. The van der Waals surface area contributed by atoms with E-state index in [-0.39, 0.29) is 6.54 Å². The zero-order valence-electron chi connectivity index (χ0n) is 5.13. The summed E-state index contributed by atoms with van der Waals surface area (Å²) >= 11 is 0. The Balaban J connectivity index is 3.55. The van der Waals surface area contributed by atoms with Gasteiger partial charge in [-0.15, -0.1) is 0 Å². The SMILES string of the molecule is CNN(C=O)CC(N)=O. The van der Waals surface area contributed by atoms with E-state index in [1.807, 2.05) is 0 Å². The molecule has 52 valence electrons. The molecule has 0 aromatic rings. The second kappa shape index (κ2) is 3.85. The number of amides is 2. The maximum atomic E-state index is 10.1. The summed E-state index contributed by atoms with van der Waals surface area (Å²) in [5.74, 6) is -0.545. The molecule has 0 aliphatic heterocycles. The molecule has 0 atom stereocenters. The number of hydrogen-bond acceptors (Lipinski definition) is 3. The summed E-state index contributed by atoms with van der Waals surface area (Å²) in [6, 6.07) is 0. The molecule has 0 aliphatic carbocycles. The highest BCUT2D eigenvalue weighted by atomic mass is 16.2. The average Bonchev–Trinajstić information content (AvgIpc) is 1.82. The van der Waals surface area contributed by atoms with E-state index in [0.29, 0.717) is 6.41 Å². The van der Waals surface area contributed by atoms with Crippen LogP contribution in [-0.4, -0.2) is 30.9 Å². The Bertz CT molecular complexity index is 114. The monoisotopic (exact) mass is 131 g/mol. The molecule has 9 heavy (non-hydrogen) atoms. The number of carbonyl (C=O) groups is 2. The zero-order valence-corrected chi connectivity index (χ0v) is 5.13. The summed E-state index contributed by atoms with van der Waals surface area (Å²) in [6.07, 6.45) is 0.491. The normalized spacial score (nSPS) is 8.56. The first-order valence-electron chi connectivity index (χ1n) is 2.38. The van der Waals surface area contributed by atoms with E-state index in [4.69, 9.17) is 5.73 Å². The van der Waals surface area contributed by atoms with E-state index in [2.05, 4.69) is 5.43 Å². The van der Waals surface area contributed by atoms with Crippen LogP contribution >= 0.6 is 0 Å². The summed E-state index contributed by atoms with van der Waals surface area (Å²) in [7, 11) is 1.53. The molecule has 0 aromatic heterocycles. The second-order valence-corrected chi connectivity index (χ2v) is 1.42. The third-order valence-electron chi connectivity index (χ3n) is 0.741. The summed E-state index contributed by atoms with van der Waals surface area (Å²) in [4.78, 5) is 20.0. The molecule has 0 unspecified atom stereocenters. The zero-order chi connectivity index (χ0) is 7.28. The molecule has 0 saturated carbocycles. The van der Waals surface area contributed by atoms with Crippen molar-refractivity contribution in [2.45, 2.75) is 0 Å². The molecule has 3 N–H and O–H groups in total. The van der Waals surface area contributed by atoms with Crippen LogP contribution in [0, 0.1) is 0 Å². The van der Waals surface area contributed by atoms with Gasteiger partial charge in [0.2, 0.25) is 12.3 Å². The smallest absolute Gasteiger partial charge is 0.238 e. The van der Waals surface area contributed by atoms with Gasteiger partial charge in [0.25, 0.3) is 0 Å². The van der Waals surface area contributed by atoms with Crippen molar-refractivity contribution in [2.24, 2.45) is 5.73 Å². The maximum Gasteiger partial charge on any atom is 0.238 e. The Morgan fingerprint density at radius 2 is 2.44 bits per heavy atom. The lowest BCUT2D eigenvalue weighted by molar-refractivity contribution is -0.128. The molecule has 0 spiro atoms. The van der Waals surface area contributed by atoms with Crippen LogP contribution in [0.3, 0.4) is 0 Å². The Kier molecular flexibility index (Phi) is 3.38. The van der Waals surface area contributed by atoms with E-state index in [1.165, 1.54) is 7.05 Å². The third-order valence-corrected chi connectivity index (χ3v) is 0.741. The van der Waals surface area contributed by atoms with Gasteiger partial charge in [-0.1, -0.05) is 0 Å². The van der Waals surface area contributed by atoms with Crippen LogP contribution in [0.2, 0.25) is 0 Å². The topological polar surface area (TPSA) is 75.4 Å². The largest absolute Gasteiger partial charge is 0.368 e. The Morgan fingerprint density at radius 3 is 2.56 bits per heavy atom. The first kappa shape index (κ1) is 7.90. The van der Waals surface area contributed by atoms with E-state index in [0.717, 1.165) is 5.01 Å². The Labute approximate surface area is 52.8 Å². The minimum atomic E-state index is -0.545. The van der Waals surface area contributed by atoms with Gasteiger partial charge in [0.15, 0.2) is 0 Å². The predicted molar refractivity (Wildman–Crippen MR) is 31.0 cm³/mol. The molecule has 0 saturated heterocycles. The summed E-state index contributed by atoms with van der Waals surface area (Å²) in [5, 5.41) is 1.04. The van der Waals surface area contributed by atoms with E-state index >= 15 is 0 Å². The summed E-state index contributed by atoms with van der Waals surface area (Å²) < 4.78 is 0. The molecular formula is C4H9N3O2. The van der Waals surface area contributed by atoms with Gasteiger partial charge in [0.05, 0.1) is 0 Å². The maximum absolute atomic E-state index is 10.1. The summed E-state index contributed by atoms with van der Waals surface area (Å²) in [5.41, 5.74) is 7.21. The molecule has 0 fully saturated rings. The van der Waals surface area contributed by atoms with Gasteiger partial charge in [-0.2, -0.15) is 0 Å². The molecule has 0 aliphatic rings. The summed E-state index contributed by atoms with van der Waals surface area (Å²) in [6.45, 7) is -0.0972. The van der Waals surface area contributed by atoms with E-state index in [1.54, 1.807) is 0 Å². The van der Waals surface area contributed by atoms with Crippen molar-refractivity contribution in [1.82, 2.24) is 10.4 Å². The number of carbonyl (C=O) groups excluding carboxylic acids is 2. The van der Waals surface area contributed by atoms with Crippen LogP contribution in [0.1, 0.15) is 0 Å². The van der Waals surface area contributed by atoms with Crippen molar-refractivity contribution in [2.75, 3.05) is 13.6 Å². The van der Waals surface area contributed by atoms with Crippen molar-refractivity contribution in [1.29, 1.82) is 0 Å². The fourth-order valence-corrected chi connectivity index (χ4v) is 0.337. The lowest BCUT2D eigenvalue weighted by Crippen LogP contribution is -2.40. The van der Waals surface area contributed by atoms with Crippen molar-refractivity contribution >= 4 is 12.3 Å². The van der Waals surface area contributed by atoms with Gasteiger partial charge in [0.1, 0.15) is 6.54 Å². The van der Waals surface area contributed by atoms with Crippen molar-refractivity contribution in [3.05, 3.63) is 0 Å². The number of hydrazine groups is 1. The molecule has 0 heterocycles. The van der Waals surface area contributed by atoms with Gasteiger partial charge in [-0.25, -0.2) is 5.43 Å². The van der Waals surface area contributed by atoms with Crippen LogP contribution < -0.4 is 11.2 Å². The fourth-order valence-electron chi connectivity index (χ4n) is 0.337. The molecule has 5 nitrogen and oxygen atoms in total. The molecule has 0 aromatic carbocycles. The second-order valence-electron chi connectivity index (χ2n) is 1.42. The van der Waals surface area contributed by atoms with Crippen molar-refractivity contribution in [3.8, 4) is 0 Å². The Hall–Kier alpha value is -1.10. The van der Waals surface area contributed by atoms with Crippen LogP contribution in [0.15, 0.2) is 0 Å². The fraction of sp³-hybridized carbons (Fsp3) is 0.500. The average molecular weight is 131 g/mol. The molecule has 5 heteroatoms. The Morgan fingerprint density at radius 1 is 1.89 bits per heavy atom. The quantitative estimate of drug-likeness (QED) is 0.344. The van der Waals surface area contributed by atoms with Crippen LogP contribution in [-0.2, 0) is 9.59 Å². The van der Waals surface area contributed by atoms with Crippen LogP contribution in [0.5, 0.6) is 0 Å². The predicted octanol–water partition coefficient (Wildman–Crippen LogP) is -1.94. The van der Waals surface area contributed by atoms with Crippen molar-refractivity contribution in [3.63, 3.8) is 0 Å². The van der Waals surface area contributed by atoms with E-state index < -0.39 is 5.91 Å². The number of hydrogen-bond donors (Lipinski definition) is 2. The van der Waals surface area contributed by atoms with Gasteiger partial charge in [0, 0.05) is 7.05 Å². The van der Waals surface area contributed by atoms with Gasteiger partial charge < -0.3 is 5.73 Å². The minimum absolute atomic E-state index is 0.0972. The van der Waals surface area contributed by atoms with E-state index in [9.17, 15) is 9.59 Å². The highest BCUT2D eigenvalue weighted by Gasteiger charge is 1.99. The number of rotatable bonds is 4. The highest BCUT2D eigenvalue weighted by Crippen LogP contribution is 1.69. The third kappa shape index (κ3) is 3.48. The van der Waals surface area contributed by atoms with Crippen LogP contribution in [0.25, 0.3) is 0 Å². The first-order chi connectivity index (χ1) is 4.20. The van der Waals surface area contributed by atoms with Gasteiger partial charge >= 0.3 is 0 Å². The molecule has 0 bridgehead atoms. The lowest BCUT2D eigenvalue weighted by atomic mass is 10.6. The lowest BCUT2D eigenvalue weighted by Gasteiger charge is -2.11. The van der Waals surface area contributed by atoms with Crippen LogP contribution in [0.4, 0.5) is 0 Å². The number of nitrogens with two attached hydrogens (primary N) is 1. The van der Waals surface area contributed by atoms with Gasteiger partial charge in [-0.05, 0) is 0 Å². The number of primary amides is 1. The molecule has 2 amide bonds. The first-order valence-corrected chi connectivity index (χ1v) is 2.38. The number of nitrogens with one attached hydrogen (secondary N) is 1. The minimum Gasteiger partial charge on any atom is -0.368 e. The standard InChI is InChI=1S/C4H9N3O2/c1-6-7(3-8)2-4(5)9/h3,6H,2H2,1H3,(H2,5,9). The molecular weight excluding hydrogens is 122 g/mol. The highest BCUT2D eigenvalue weighted by molar-refractivity contribution is 5.77. The van der Waals surface area contributed by atoms with Gasteiger partial charge in [-0.3, -0.25) is 14.6 Å². The number of nitrogens with zero attached hydrogens (tertiary/aromatic N) is 1. The molecule has 0 rings (SSSR count).